The molecule has 1 saturated heterocycles. The number of methoxy groups -OCH3 is 1. The average molecular weight is 383 g/mol. The summed E-state index contributed by atoms with van der Waals surface area (Å²) >= 11 is 12.2. The Labute approximate surface area is 156 Å². The Kier molecular flexibility index (Phi) is 5.51. The smallest absolute Gasteiger partial charge is 0.160 e. The van der Waals surface area contributed by atoms with Gasteiger partial charge in [0.1, 0.15) is 5.75 Å². The fourth-order valence-electron chi connectivity index (χ4n) is 3.06. The van der Waals surface area contributed by atoms with Gasteiger partial charge in [-0.05, 0) is 19.1 Å². The molecule has 0 amide bonds. The van der Waals surface area contributed by atoms with Crippen molar-refractivity contribution < 1.29 is 9.53 Å². The number of anilines is 1. The first kappa shape index (κ1) is 18.0. The standard InChI is InChI=1S/C17H20Cl2N4O2/c1-12-15(19)10-20-23(12)17(11-24)22-7-5-21(6-8-22)13-3-4-14(18)16(9-13)25-2/h3-4,9-11,17H,5-8H2,1-2H3. The average Bonchev–Trinajstić information content (AvgIpc) is 2.96. The van der Waals surface area contributed by atoms with E-state index in [9.17, 15) is 4.79 Å². The molecule has 1 aromatic heterocycles. The molecule has 0 bridgehead atoms. The number of carbonyl (C=O) groups is 1. The molecule has 2 heterocycles. The zero-order valence-electron chi connectivity index (χ0n) is 14.2. The molecule has 1 aliphatic heterocycles. The molecular formula is C17H20Cl2N4O2. The van der Waals surface area contributed by atoms with Crippen LogP contribution in [0.5, 0.6) is 5.75 Å². The molecule has 3 rings (SSSR count). The van der Waals surface area contributed by atoms with Gasteiger partial charge in [0, 0.05) is 37.9 Å². The van der Waals surface area contributed by atoms with Gasteiger partial charge in [-0.2, -0.15) is 5.10 Å². The summed E-state index contributed by atoms with van der Waals surface area (Å²) in [4.78, 5) is 16.0. The van der Waals surface area contributed by atoms with Gasteiger partial charge in [0.15, 0.2) is 12.5 Å². The van der Waals surface area contributed by atoms with Crippen molar-refractivity contribution in [2.75, 3.05) is 38.2 Å². The van der Waals surface area contributed by atoms with E-state index in [1.165, 1.54) is 0 Å². The highest BCUT2D eigenvalue weighted by molar-refractivity contribution is 6.32. The van der Waals surface area contributed by atoms with Crippen molar-refractivity contribution in [1.82, 2.24) is 14.7 Å². The topological polar surface area (TPSA) is 50.6 Å². The molecule has 1 atom stereocenters. The Hall–Kier alpha value is -1.76. The summed E-state index contributed by atoms with van der Waals surface area (Å²) < 4.78 is 6.96. The second-order valence-corrected chi connectivity index (χ2v) is 6.73. The third-order valence-electron chi connectivity index (χ3n) is 4.55. The number of ether oxygens (including phenoxy) is 1. The SMILES string of the molecule is COc1cc(N2CCN(C(C=O)n3ncc(Cl)c3C)CC2)ccc1Cl. The lowest BCUT2D eigenvalue weighted by Crippen LogP contribution is -2.49. The van der Waals surface area contributed by atoms with Gasteiger partial charge < -0.3 is 9.64 Å². The van der Waals surface area contributed by atoms with Crippen LogP contribution in [0.15, 0.2) is 24.4 Å². The van der Waals surface area contributed by atoms with Crippen LogP contribution in [0.25, 0.3) is 0 Å². The summed E-state index contributed by atoms with van der Waals surface area (Å²) in [6, 6.07) is 5.76. The summed E-state index contributed by atoms with van der Waals surface area (Å²) in [5, 5.41) is 5.40. The van der Waals surface area contributed by atoms with Gasteiger partial charge in [0.2, 0.25) is 0 Å². The van der Waals surface area contributed by atoms with Crippen molar-refractivity contribution in [3.05, 3.63) is 40.1 Å². The van der Waals surface area contributed by atoms with Crippen LogP contribution < -0.4 is 9.64 Å². The van der Waals surface area contributed by atoms with Crippen LogP contribution in [0.3, 0.4) is 0 Å². The van der Waals surface area contributed by atoms with E-state index in [1.54, 1.807) is 18.0 Å². The molecular weight excluding hydrogens is 363 g/mol. The number of aldehydes is 1. The summed E-state index contributed by atoms with van der Waals surface area (Å²) in [6.45, 7) is 4.94. The molecule has 0 saturated carbocycles. The highest BCUT2D eigenvalue weighted by atomic mass is 35.5. The molecule has 134 valence electrons. The molecule has 0 radical (unpaired) electrons. The van der Waals surface area contributed by atoms with Crippen LogP contribution in [-0.2, 0) is 4.79 Å². The number of hydrogen-bond donors (Lipinski definition) is 0. The molecule has 8 heteroatoms. The Morgan fingerprint density at radius 1 is 1.20 bits per heavy atom. The number of halogens is 2. The zero-order chi connectivity index (χ0) is 18.0. The van der Waals surface area contributed by atoms with Gasteiger partial charge in [-0.3, -0.25) is 9.69 Å². The summed E-state index contributed by atoms with van der Waals surface area (Å²) in [6.07, 6.45) is 2.05. The number of hydrogen-bond acceptors (Lipinski definition) is 5. The summed E-state index contributed by atoms with van der Waals surface area (Å²) in [7, 11) is 1.61. The lowest BCUT2D eigenvalue weighted by atomic mass is 10.2. The van der Waals surface area contributed by atoms with Gasteiger partial charge in [-0.1, -0.05) is 23.2 Å². The summed E-state index contributed by atoms with van der Waals surface area (Å²) in [5.41, 5.74) is 1.85. The third-order valence-corrected chi connectivity index (χ3v) is 5.23. The molecule has 1 aliphatic rings. The lowest BCUT2D eigenvalue weighted by molar-refractivity contribution is -0.116. The van der Waals surface area contributed by atoms with Crippen molar-refractivity contribution in [3.63, 3.8) is 0 Å². The second-order valence-electron chi connectivity index (χ2n) is 5.91. The number of carbonyl (C=O) groups excluding carboxylic acids is 1. The van der Waals surface area contributed by atoms with E-state index in [0.29, 0.717) is 15.8 Å². The summed E-state index contributed by atoms with van der Waals surface area (Å²) in [5.74, 6) is 0.661. The highest BCUT2D eigenvalue weighted by Gasteiger charge is 2.27. The maximum Gasteiger partial charge on any atom is 0.160 e. The minimum absolute atomic E-state index is 0.436. The van der Waals surface area contributed by atoms with E-state index in [2.05, 4.69) is 14.9 Å². The lowest BCUT2D eigenvalue weighted by Gasteiger charge is -2.38. The van der Waals surface area contributed by atoms with Crippen molar-refractivity contribution in [3.8, 4) is 5.75 Å². The maximum absolute atomic E-state index is 11.6. The van der Waals surface area contributed by atoms with E-state index < -0.39 is 6.17 Å². The van der Waals surface area contributed by atoms with E-state index in [0.717, 1.165) is 43.8 Å². The number of rotatable bonds is 5. The third kappa shape index (κ3) is 3.61. The van der Waals surface area contributed by atoms with Crippen LogP contribution >= 0.6 is 23.2 Å². The van der Waals surface area contributed by atoms with E-state index >= 15 is 0 Å². The predicted molar refractivity (Wildman–Crippen MR) is 98.9 cm³/mol. The number of benzene rings is 1. The van der Waals surface area contributed by atoms with E-state index in [4.69, 9.17) is 27.9 Å². The van der Waals surface area contributed by atoms with Crippen LogP contribution in [-0.4, -0.2) is 54.3 Å². The van der Waals surface area contributed by atoms with E-state index in [1.807, 2.05) is 25.1 Å². The Morgan fingerprint density at radius 3 is 2.48 bits per heavy atom. The first-order valence-electron chi connectivity index (χ1n) is 8.02. The fourth-order valence-corrected chi connectivity index (χ4v) is 3.38. The first-order valence-corrected chi connectivity index (χ1v) is 8.78. The van der Waals surface area contributed by atoms with Crippen molar-refractivity contribution in [2.24, 2.45) is 0 Å². The molecule has 0 spiro atoms. The Balaban J connectivity index is 1.70. The minimum Gasteiger partial charge on any atom is -0.495 e. The van der Waals surface area contributed by atoms with Crippen LogP contribution in [0.1, 0.15) is 11.9 Å². The molecule has 1 fully saturated rings. The first-order chi connectivity index (χ1) is 12.0. The van der Waals surface area contributed by atoms with Gasteiger partial charge in [-0.25, -0.2) is 4.68 Å². The van der Waals surface area contributed by atoms with E-state index in [-0.39, 0.29) is 0 Å². The Morgan fingerprint density at radius 2 is 1.92 bits per heavy atom. The molecule has 25 heavy (non-hydrogen) atoms. The normalized spacial score (nSPS) is 16.7. The van der Waals surface area contributed by atoms with Gasteiger partial charge >= 0.3 is 0 Å². The monoisotopic (exact) mass is 382 g/mol. The quantitative estimate of drug-likeness (QED) is 0.743. The molecule has 1 aromatic carbocycles. The van der Waals surface area contributed by atoms with Crippen LogP contribution in [0.4, 0.5) is 5.69 Å². The van der Waals surface area contributed by atoms with Gasteiger partial charge in [0.05, 0.1) is 29.0 Å². The van der Waals surface area contributed by atoms with Crippen LogP contribution in [0, 0.1) is 6.92 Å². The predicted octanol–water partition coefficient (Wildman–Crippen LogP) is 3.03. The molecule has 0 N–H and O–H groups in total. The van der Waals surface area contributed by atoms with Crippen LogP contribution in [0.2, 0.25) is 10.0 Å². The van der Waals surface area contributed by atoms with Crippen molar-refractivity contribution in [1.29, 1.82) is 0 Å². The van der Waals surface area contributed by atoms with Gasteiger partial charge in [0.25, 0.3) is 0 Å². The molecule has 0 aliphatic carbocycles. The van der Waals surface area contributed by atoms with Gasteiger partial charge in [-0.15, -0.1) is 0 Å². The molecule has 1 unspecified atom stereocenters. The highest BCUT2D eigenvalue weighted by Crippen LogP contribution is 2.30. The molecule has 2 aromatic rings. The zero-order valence-corrected chi connectivity index (χ0v) is 15.7. The maximum atomic E-state index is 11.6. The number of aromatic nitrogens is 2. The second kappa shape index (κ2) is 7.64. The number of piperazine rings is 1. The van der Waals surface area contributed by atoms with Crippen molar-refractivity contribution >= 4 is 35.2 Å². The number of nitrogens with zero attached hydrogens (tertiary/aromatic N) is 4. The molecule has 6 nitrogen and oxygen atoms in total. The Bertz CT molecular complexity index is 757. The van der Waals surface area contributed by atoms with Crippen molar-refractivity contribution in [2.45, 2.75) is 13.1 Å². The largest absolute Gasteiger partial charge is 0.495 e. The minimum atomic E-state index is -0.436. The fraction of sp³-hybridized carbons (Fsp3) is 0.412.